The van der Waals surface area contributed by atoms with Crippen LogP contribution in [0, 0.1) is 27.7 Å². The fraction of sp³-hybridized carbons (Fsp3) is 0.571. The van der Waals surface area contributed by atoms with Crippen LogP contribution in [0.15, 0.2) is 4.90 Å². The number of hydrogen-bond donors (Lipinski definition) is 2. The summed E-state index contributed by atoms with van der Waals surface area (Å²) >= 11 is 0. The summed E-state index contributed by atoms with van der Waals surface area (Å²) in [6.07, 6.45) is 0.610. The smallest absolute Gasteiger partial charge is 0.241 e. The molecule has 0 aromatic heterocycles. The summed E-state index contributed by atoms with van der Waals surface area (Å²) in [5.41, 5.74) is 8.71. The molecular weight excluding hydrogens is 276 g/mol. The van der Waals surface area contributed by atoms with Crippen LogP contribution >= 0.6 is 0 Å². The van der Waals surface area contributed by atoms with Crippen LogP contribution in [0.25, 0.3) is 0 Å². The second kappa shape index (κ2) is 6.56. The highest BCUT2D eigenvalue weighted by Crippen LogP contribution is 2.34. The summed E-state index contributed by atoms with van der Waals surface area (Å²) < 4.78 is 32.9. The first-order valence-corrected chi connectivity index (χ1v) is 8.10. The number of ether oxygens (including phenoxy) is 1. The lowest BCUT2D eigenvalue weighted by Gasteiger charge is -2.19. The first-order valence-electron chi connectivity index (χ1n) is 6.62. The molecule has 0 aliphatic rings. The normalized spacial score (nSPS) is 11.7. The number of sulfonamides is 1. The molecule has 1 aromatic carbocycles. The van der Waals surface area contributed by atoms with Gasteiger partial charge in [0.25, 0.3) is 0 Å². The van der Waals surface area contributed by atoms with E-state index in [0.717, 1.165) is 16.7 Å². The number of methoxy groups -OCH3 is 1. The molecule has 1 aromatic rings. The van der Waals surface area contributed by atoms with Gasteiger partial charge >= 0.3 is 0 Å². The van der Waals surface area contributed by atoms with Crippen molar-refractivity contribution >= 4 is 10.0 Å². The van der Waals surface area contributed by atoms with Gasteiger partial charge in [-0.1, -0.05) is 0 Å². The largest absolute Gasteiger partial charge is 0.496 e. The van der Waals surface area contributed by atoms with Gasteiger partial charge in [-0.15, -0.1) is 0 Å². The zero-order chi connectivity index (χ0) is 15.5. The van der Waals surface area contributed by atoms with E-state index in [9.17, 15) is 8.42 Å². The summed E-state index contributed by atoms with van der Waals surface area (Å²) in [6.45, 7) is 8.24. The van der Waals surface area contributed by atoms with Crippen LogP contribution in [0.5, 0.6) is 5.75 Å². The third kappa shape index (κ3) is 3.13. The average Bonchev–Trinajstić information content (AvgIpc) is 2.37. The summed E-state index contributed by atoms with van der Waals surface area (Å²) in [7, 11) is -1.99. The van der Waals surface area contributed by atoms with Crippen molar-refractivity contribution in [3.05, 3.63) is 22.3 Å². The Kier molecular flexibility index (Phi) is 5.56. The van der Waals surface area contributed by atoms with Gasteiger partial charge in [-0.3, -0.25) is 0 Å². The maximum absolute atomic E-state index is 12.5. The molecule has 1 rings (SSSR count). The van der Waals surface area contributed by atoms with Gasteiger partial charge < -0.3 is 10.5 Å². The van der Waals surface area contributed by atoms with Crippen molar-refractivity contribution < 1.29 is 13.2 Å². The molecule has 0 unspecified atom stereocenters. The molecule has 114 valence electrons. The third-order valence-corrected chi connectivity index (χ3v) is 5.37. The zero-order valence-electron chi connectivity index (χ0n) is 12.8. The highest BCUT2D eigenvalue weighted by Gasteiger charge is 2.24. The lowest BCUT2D eigenvalue weighted by atomic mass is 9.99. The van der Waals surface area contributed by atoms with Crippen LogP contribution < -0.4 is 15.2 Å². The maximum Gasteiger partial charge on any atom is 0.241 e. The Morgan fingerprint density at radius 3 is 2.15 bits per heavy atom. The predicted molar refractivity (Wildman–Crippen MR) is 80.8 cm³/mol. The highest BCUT2D eigenvalue weighted by molar-refractivity contribution is 7.89. The van der Waals surface area contributed by atoms with Crippen LogP contribution in [-0.4, -0.2) is 28.6 Å². The molecule has 5 nitrogen and oxygen atoms in total. The van der Waals surface area contributed by atoms with E-state index in [1.54, 1.807) is 14.0 Å². The summed E-state index contributed by atoms with van der Waals surface area (Å²) in [5, 5.41) is 0. The molecule has 20 heavy (non-hydrogen) atoms. The zero-order valence-corrected chi connectivity index (χ0v) is 13.6. The van der Waals surface area contributed by atoms with Gasteiger partial charge in [0.2, 0.25) is 10.0 Å². The molecule has 0 atom stereocenters. The van der Waals surface area contributed by atoms with Crippen molar-refractivity contribution in [2.24, 2.45) is 5.73 Å². The Hall–Kier alpha value is -1.11. The molecule has 3 N–H and O–H groups in total. The summed E-state index contributed by atoms with van der Waals surface area (Å²) in [4.78, 5) is 0.314. The molecule has 0 spiro atoms. The standard InChI is InChI=1S/C14H24N2O3S/c1-9-10(2)13(19-5)12(4)14(11(9)3)20(17,18)16-8-6-7-15/h16H,6-8,15H2,1-5H3. The van der Waals surface area contributed by atoms with E-state index in [4.69, 9.17) is 10.5 Å². The van der Waals surface area contributed by atoms with Crippen molar-refractivity contribution in [1.29, 1.82) is 0 Å². The van der Waals surface area contributed by atoms with Crippen molar-refractivity contribution in [3.8, 4) is 5.75 Å². The average molecular weight is 300 g/mol. The fourth-order valence-corrected chi connectivity index (χ4v) is 3.99. The van der Waals surface area contributed by atoms with E-state index in [1.165, 1.54) is 0 Å². The summed E-state index contributed by atoms with van der Waals surface area (Å²) in [6, 6.07) is 0. The van der Waals surface area contributed by atoms with Gasteiger partial charge in [0.05, 0.1) is 12.0 Å². The molecule has 0 heterocycles. The second-order valence-electron chi connectivity index (χ2n) is 4.90. The Morgan fingerprint density at radius 1 is 1.05 bits per heavy atom. The molecule has 0 radical (unpaired) electrons. The lowest BCUT2D eigenvalue weighted by Crippen LogP contribution is -2.28. The van der Waals surface area contributed by atoms with Gasteiger partial charge in [-0.2, -0.15) is 0 Å². The van der Waals surface area contributed by atoms with Gasteiger partial charge in [0.15, 0.2) is 0 Å². The number of benzene rings is 1. The minimum Gasteiger partial charge on any atom is -0.496 e. The van der Waals surface area contributed by atoms with E-state index in [-0.39, 0.29) is 0 Å². The van der Waals surface area contributed by atoms with Crippen molar-refractivity contribution in [2.75, 3.05) is 20.2 Å². The molecule has 0 fully saturated rings. The van der Waals surface area contributed by atoms with Crippen LogP contribution in [0.3, 0.4) is 0 Å². The summed E-state index contributed by atoms with van der Waals surface area (Å²) in [5.74, 6) is 0.632. The number of hydrogen-bond acceptors (Lipinski definition) is 4. The number of rotatable bonds is 6. The van der Waals surface area contributed by atoms with Gasteiger partial charge in [0.1, 0.15) is 5.75 Å². The third-order valence-electron chi connectivity index (χ3n) is 3.63. The van der Waals surface area contributed by atoms with E-state index in [0.29, 0.717) is 35.7 Å². The quantitative estimate of drug-likeness (QED) is 0.781. The van der Waals surface area contributed by atoms with Crippen LogP contribution in [0.1, 0.15) is 28.7 Å². The first kappa shape index (κ1) is 16.9. The Bertz CT molecular complexity index is 595. The molecule has 0 saturated carbocycles. The van der Waals surface area contributed by atoms with E-state index < -0.39 is 10.0 Å². The minimum absolute atomic E-state index is 0.314. The topological polar surface area (TPSA) is 81.4 Å². The number of nitrogens with one attached hydrogen (secondary N) is 1. The lowest BCUT2D eigenvalue weighted by molar-refractivity contribution is 0.406. The molecule has 6 heteroatoms. The molecule has 0 bridgehead atoms. The Labute approximate surface area is 121 Å². The highest BCUT2D eigenvalue weighted by atomic mass is 32.2. The van der Waals surface area contributed by atoms with Crippen LogP contribution in [0.4, 0.5) is 0 Å². The second-order valence-corrected chi connectivity index (χ2v) is 6.61. The minimum atomic E-state index is -3.55. The maximum atomic E-state index is 12.5. The van der Waals surface area contributed by atoms with Crippen molar-refractivity contribution in [1.82, 2.24) is 4.72 Å². The molecule has 0 amide bonds. The molecule has 0 aliphatic carbocycles. The molecule has 0 aliphatic heterocycles. The van der Waals surface area contributed by atoms with Crippen LogP contribution in [-0.2, 0) is 10.0 Å². The Balaban J connectivity index is 3.41. The van der Waals surface area contributed by atoms with E-state index in [1.807, 2.05) is 20.8 Å². The fourth-order valence-electron chi connectivity index (χ4n) is 2.38. The Morgan fingerprint density at radius 2 is 1.65 bits per heavy atom. The van der Waals surface area contributed by atoms with Gasteiger partial charge in [0, 0.05) is 12.1 Å². The SMILES string of the molecule is COc1c(C)c(C)c(C)c(S(=O)(=O)NCCCN)c1C. The molecule has 0 saturated heterocycles. The first-order chi connectivity index (χ1) is 9.27. The predicted octanol–water partition coefficient (Wildman–Crippen LogP) is 1.56. The monoisotopic (exact) mass is 300 g/mol. The van der Waals surface area contributed by atoms with E-state index >= 15 is 0 Å². The van der Waals surface area contributed by atoms with Crippen molar-refractivity contribution in [2.45, 2.75) is 39.0 Å². The molecular formula is C14H24N2O3S. The van der Waals surface area contributed by atoms with Gasteiger partial charge in [-0.05, 0) is 57.4 Å². The van der Waals surface area contributed by atoms with Gasteiger partial charge in [-0.25, -0.2) is 13.1 Å². The van der Waals surface area contributed by atoms with Crippen LogP contribution in [0.2, 0.25) is 0 Å². The van der Waals surface area contributed by atoms with E-state index in [2.05, 4.69) is 4.72 Å². The number of nitrogens with two attached hydrogens (primary N) is 1. The van der Waals surface area contributed by atoms with Crippen molar-refractivity contribution in [3.63, 3.8) is 0 Å².